The van der Waals surface area contributed by atoms with E-state index in [4.69, 9.17) is 5.73 Å². The molecule has 0 spiro atoms. The first-order valence-corrected chi connectivity index (χ1v) is 6.61. The zero-order valence-corrected chi connectivity index (χ0v) is 12.0. The normalized spacial score (nSPS) is 13.3. The molecular weight excluding hydrogens is 276 g/mol. The zero-order valence-electron chi connectivity index (χ0n) is 12.0. The number of nitro benzene ring substituents is 1. The fourth-order valence-corrected chi connectivity index (χ4v) is 1.63. The SMILES string of the molecule is CCNC(=O)c1ccc(NCC(N)C(C)O)c([N+](=O)[O-])c1. The molecule has 0 bridgehead atoms. The molecular formula is C13H20N4O4. The summed E-state index contributed by atoms with van der Waals surface area (Å²) in [5.41, 5.74) is 5.92. The summed E-state index contributed by atoms with van der Waals surface area (Å²) in [6.07, 6.45) is -0.730. The van der Waals surface area contributed by atoms with E-state index in [-0.39, 0.29) is 29.4 Å². The van der Waals surface area contributed by atoms with Gasteiger partial charge in [-0.2, -0.15) is 0 Å². The van der Waals surface area contributed by atoms with Crippen molar-refractivity contribution in [3.8, 4) is 0 Å². The minimum atomic E-state index is -0.730. The average Bonchev–Trinajstić information content (AvgIpc) is 2.44. The Labute approximate surface area is 122 Å². The molecule has 0 saturated carbocycles. The molecule has 116 valence electrons. The number of nitro groups is 1. The van der Waals surface area contributed by atoms with E-state index >= 15 is 0 Å². The molecule has 1 aromatic carbocycles. The molecule has 8 nitrogen and oxygen atoms in total. The number of rotatable bonds is 7. The molecule has 0 aromatic heterocycles. The van der Waals surface area contributed by atoms with Gasteiger partial charge in [0, 0.05) is 30.8 Å². The molecule has 0 aliphatic carbocycles. The maximum absolute atomic E-state index is 11.7. The lowest BCUT2D eigenvalue weighted by Gasteiger charge is -2.16. The van der Waals surface area contributed by atoms with Crippen LogP contribution in [0.2, 0.25) is 0 Å². The molecule has 2 unspecified atom stereocenters. The molecule has 8 heteroatoms. The van der Waals surface area contributed by atoms with Crippen LogP contribution in [0.5, 0.6) is 0 Å². The van der Waals surface area contributed by atoms with E-state index in [1.54, 1.807) is 13.8 Å². The number of nitrogens with one attached hydrogen (secondary N) is 2. The van der Waals surface area contributed by atoms with Gasteiger partial charge in [-0.3, -0.25) is 14.9 Å². The van der Waals surface area contributed by atoms with Gasteiger partial charge in [0.05, 0.1) is 11.0 Å². The summed E-state index contributed by atoms with van der Waals surface area (Å²) in [4.78, 5) is 22.2. The molecule has 0 saturated heterocycles. The summed E-state index contributed by atoms with van der Waals surface area (Å²) in [6.45, 7) is 3.92. The second-order valence-corrected chi connectivity index (χ2v) is 4.63. The molecule has 0 heterocycles. The Bertz CT molecular complexity index is 519. The Morgan fingerprint density at radius 3 is 2.71 bits per heavy atom. The highest BCUT2D eigenvalue weighted by atomic mass is 16.6. The Kier molecular flexibility index (Phi) is 6.07. The van der Waals surface area contributed by atoms with Crippen LogP contribution in [0.3, 0.4) is 0 Å². The van der Waals surface area contributed by atoms with Crippen LogP contribution < -0.4 is 16.4 Å². The van der Waals surface area contributed by atoms with E-state index in [1.807, 2.05) is 0 Å². The highest BCUT2D eigenvalue weighted by Gasteiger charge is 2.18. The van der Waals surface area contributed by atoms with E-state index in [1.165, 1.54) is 18.2 Å². The van der Waals surface area contributed by atoms with Gasteiger partial charge < -0.3 is 21.5 Å². The fraction of sp³-hybridized carbons (Fsp3) is 0.462. The van der Waals surface area contributed by atoms with Crippen LogP contribution in [0, 0.1) is 10.1 Å². The van der Waals surface area contributed by atoms with Crippen LogP contribution in [0.25, 0.3) is 0 Å². The molecule has 1 rings (SSSR count). The van der Waals surface area contributed by atoms with Crippen LogP contribution in [-0.4, -0.2) is 41.2 Å². The molecule has 2 atom stereocenters. The van der Waals surface area contributed by atoms with Gasteiger partial charge in [0.25, 0.3) is 11.6 Å². The first-order chi connectivity index (χ1) is 9.86. The van der Waals surface area contributed by atoms with Crippen molar-refractivity contribution in [3.05, 3.63) is 33.9 Å². The second kappa shape index (κ2) is 7.55. The molecule has 21 heavy (non-hydrogen) atoms. The quantitative estimate of drug-likeness (QED) is 0.427. The number of hydrogen-bond donors (Lipinski definition) is 4. The van der Waals surface area contributed by atoms with E-state index in [0.29, 0.717) is 6.54 Å². The number of nitrogens with zero attached hydrogens (tertiary/aromatic N) is 1. The van der Waals surface area contributed by atoms with Crippen molar-refractivity contribution in [1.29, 1.82) is 0 Å². The lowest BCUT2D eigenvalue weighted by molar-refractivity contribution is -0.384. The van der Waals surface area contributed by atoms with Gasteiger partial charge in [-0.15, -0.1) is 0 Å². The van der Waals surface area contributed by atoms with Crippen LogP contribution in [0.15, 0.2) is 18.2 Å². The molecule has 0 radical (unpaired) electrons. The number of aliphatic hydroxyl groups excluding tert-OH is 1. The van der Waals surface area contributed by atoms with Gasteiger partial charge in [0.15, 0.2) is 0 Å². The molecule has 5 N–H and O–H groups in total. The first-order valence-electron chi connectivity index (χ1n) is 6.61. The highest BCUT2D eigenvalue weighted by molar-refractivity contribution is 5.95. The number of amides is 1. The van der Waals surface area contributed by atoms with Crippen molar-refractivity contribution in [1.82, 2.24) is 5.32 Å². The van der Waals surface area contributed by atoms with Crippen LogP contribution in [0.1, 0.15) is 24.2 Å². The lowest BCUT2D eigenvalue weighted by atomic mass is 10.1. The number of carbonyl (C=O) groups excluding carboxylic acids is 1. The number of carbonyl (C=O) groups is 1. The standard InChI is InChI=1S/C13H20N4O4/c1-3-15-13(19)9-4-5-11(12(6-9)17(20)21)16-7-10(14)8(2)18/h4-6,8,10,16,18H,3,7,14H2,1-2H3,(H,15,19). The number of anilines is 1. The van der Waals surface area contributed by atoms with Gasteiger partial charge in [-0.05, 0) is 26.0 Å². The largest absolute Gasteiger partial charge is 0.392 e. The Balaban J connectivity index is 2.94. The molecule has 0 fully saturated rings. The van der Waals surface area contributed by atoms with Gasteiger partial charge in [0.2, 0.25) is 0 Å². The number of nitrogens with two attached hydrogens (primary N) is 1. The van der Waals surface area contributed by atoms with Crippen molar-refractivity contribution in [3.63, 3.8) is 0 Å². The van der Waals surface area contributed by atoms with Crippen molar-refractivity contribution in [2.24, 2.45) is 5.73 Å². The zero-order chi connectivity index (χ0) is 16.0. The van der Waals surface area contributed by atoms with Gasteiger partial charge in [-0.1, -0.05) is 0 Å². The van der Waals surface area contributed by atoms with Gasteiger partial charge in [0.1, 0.15) is 5.69 Å². The minimum Gasteiger partial charge on any atom is -0.392 e. The van der Waals surface area contributed by atoms with Crippen molar-refractivity contribution >= 4 is 17.3 Å². The summed E-state index contributed by atoms with van der Waals surface area (Å²) >= 11 is 0. The number of hydrogen-bond acceptors (Lipinski definition) is 6. The number of benzene rings is 1. The van der Waals surface area contributed by atoms with E-state index < -0.39 is 17.1 Å². The maximum atomic E-state index is 11.7. The van der Waals surface area contributed by atoms with Gasteiger partial charge in [-0.25, -0.2) is 0 Å². The summed E-state index contributed by atoms with van der Waals surface area (Å²) in [5.74, 6) is -0.368. The Morgan fingerprint density at radius 1 is 1.52 bits per heavy atom. The second-order valence-electron chi connectivity index (χ2n) is 4.63. The van der Waals surface area contributed by atoms with Crippen LogP contribution >= 0.6 is 0 Å². The van der Waals surface area contributed by atoms with E-state index in [9.17, 15) is 20.0 Å². The van der Waals surface area contributed by atoms with Crippen LogP contribution in [-0.2, 0) is 0 Å². The topological polar surface area (TPSA) is 131 Å². The summed E-state index contributed by atoms with van der Waals surface area (Å²) in [6, 6.07) is 3.61. The predicted molar refractivity (Wildman–Crippen MR) is 79.2 cm³/mol. The molecule has 0 aliphatic heterocycles. The lowest BCUT2D eigenvalue weighted by Crippen LogP contribution is -2.38. The third-order valence-corrected chi connectivity index (χ3v) is 2.94. The Hall–Kier alpha value is -2.19. The molecule has 0 aliphatic rings. The highest BCUT2D eigenvalue weighted by Crippen LogP contribution is 2.25. The fourth-order valence-electron chi connectivity index (χ4n) is 1.63. The Morgan fingerprint density at radius 2 is 2.19 bits per heavy atom. The predicted octanol–water partition coefficient (Wildman–Crippen LogP) is 0.465. The summed E-state index contributed by atoms with van der Waals surface area (Å²) in [7, 11) is 0. The third-order valence-electron chi connectivity index (χ3n) is 2.94. The van der Waals surface area contributed by atoms with E-state index in [2.05, 4.69) is 10.6 Å². The minimum absolute atomic E-state index is 0.180. The van der Waals surface area contributed by atoms with E-state index in [0.717, 1.165) is 0 Å². The van der Waals surface area contributed by atoms with Crippen LogP contribution in [0.4, 0.5) is 11.4 Å². The van der Waals surface area contributed by atoms with Gasteiger partial charge >= 0.3 is 0 Å². The van der Waals surface area contributed by atoms with Crippen molar-refractivity contribution in [2.75, 3.05) is 18.4 Å². The summed E-state index contributed by atoms with van der Waals surface area (Å²) < 4.78 is 0. The monoisotopic (exact) mass is 296 g/mol. The molecule has 1 amide bonds. The first kappa shape index (κ1) is 16.9. The average molecular weight is 296 g/mol. The smallest absolute Gasteiger partial charge is 0.293 e. The number of aliphatic hydroxyl groups is 1. The van der Waals surface area contributed by atoms with Crippen molar-refractivity contribution < 1.29 is 14.8 Å². The third kappa shape index (κ3) is 4.69. The maximum Gasteiger partial charge on any atom is 0.293 e. The van der Waals surface area contributed by atoms with Crippen molar-refractivity contribution in [2.45, 2.75) is 26.0 Å². The molecule has 1 aromatic rings. The summed E-state index contributed by atoms with van der Waals surface area (Å²) in [5, 5.41) is 25.8.